The molecule has 1 aromatic rings. The number of fused-ring (bicyclic) bond motifs is 1. The fraction of sp³-hybridized carbons (Fsp3) is 0.300. The first-order valence-corrected chi connectivity index (χ1v) is 5.71. The van der Waals surface area contributed by atoms with E-state index in [0.717, 1.165) is 0 Å². The van der Waals surface area contributed by atoms with Gasteiger partial charge in [0.1, 0.15) is 0 Å². The molecule has 0 aromatic heterocycles. The van der Waals surface area contributed by atoms with Crippen LogP contribution in [0.1, 0.15) is 6.42 Å². The van der Waals surface area contributed by atoms with Crippen molar-refractivity contribution >= 4 is 35.8 Å². The molecule has 0 radical (unpaired) electrons. The number of benzene rings is 1. The second-order valence-corrected chi connectivity index (χ2v) is 4.06. The van der Waals surface area contributed by atoms with Crippen LogP contribution in [0.15, 0.2) is 12.1 Å². The van der Waals surface area contributed by atoms with E-state index in [1.54, 1.807) is 12.1 Å². The van der Waals surface area contributed by atoms with Crippen molar-refractivity contribution in [2.24, 2.45) is 0 Å². The van der Waals surface area contributed by atoms with E-state index >= 15 is 0 Å². The Kier molecular flexibility index (Phi) is 3.46. The van der Waals surface area contributed by atoms with Crippen molar-refractivity contribution < 1.29 is 14.3 Å². The summed E-state index contributed by atoms with van der Waals surface area (Å²) in [7, 11) is 0. The number of thiol groups is 1. The molecule has 1 amide bonds. The molecule has 1 N–H and O–H groups in total. The fourth-order valence-corrected chi connectivity index (χ4v) is 1.73. The maximum atomic E-state index is 11.4. The molecule has 1 aromatic carbocycles. The van der Waals surface area contributed by atoms with Crippen LogP contribution in [0.4, 0.5) is 5.69 Å². The third-order valence-electron chi connectivity index (χ3n) is 2.08. The third-order valence-corrected chi connectivity index (χ3v) is 2.61. The number of carbonyl (C=O) groups excluding carboxylic acids is 1. The average Bonchev–Trinajstić information content (AvgIpc) is 2.65. The summed E-state index contributed by atoms with van der Waals surface area (Å²) in [6, 6.07) is 3.28. The molecule has 1 heterocycles. The van der Waals surface area contributed by atoms with Gasteiger partial charge in [0.25, 0.3) is 0 Å². The number of nitrogens with one attached hydrogen (secondary N) is 1. The minimum absolute atomic E-state index is 0.129. The third kappa shape index (κ3) is 2.36. The fourth-order valence-electron chi connectivity index (χ4n) is 1.33. The molecule has 0 saturated heterocycles. The summed E-state index contributed by atoms with van der Waals surface area (Å²) in [6.45, 7) is 0.180. The van der Waals surface area contributed by atoms with Crippen LogP contribution in [-0.4, -0.2) is 18.5 Å². The van der Waals surface area contributed by atoms with Crippen LogP contribution in [0.3, 0.4) is 0 Å². The van der Waals surface area contributed by atoms with Gasteiger partial charge in [0.15, 0.2) is 11.5 Å². The van der Waals surface area contributed by atoms with E-state index in [1.807, 2.05) is 0 Å². The smallest absolute Gasteiger partial charge is 0.231 e. The van der Waals surface area contributed by atoms with Crippen LogP contribution in [-0.2, 0) is 4.79 Å². The molecule has 0 saturated carbocycles. The number of ether oxygens (including phenoxy) is 2. The van der Waals surface area contributed by atoms with Crippen LogP contribution in [0, 0.1) is 0 Å². The Labute approximate surface area is 103 Å². The highest BCUT2D eigenvalue weighted by atomic mass is 35.5. The zero-order chi connectivity index (χ0) is 11.5. The molecule has 0 atom stereocenters. The van der Waals surface area contributed by atoms with Crippen molar-refractivity contribution in [3.63, 3.8) is 0 Å². The highest BCUT2D eigenvalue weighted by Crippen LogP contribution is 2.39. The van der Waals surface area contributed by atoms with Crippen LogP contribution < -0.4 is 14.8 Å². The Morgan fingerprint density at radius 3 is 2.81 bits per heavy atom. The van der Waals surface area contributed by atoms with Crippen molar-refractivity contribution in [2.75, 3.05) is 17.9 Å². The molecule has 0 aliphatic carbocycles. The quantitative estimate of drug-likeness (QED) is 0.819. The number of carbonyl (C=O) groups is 1. The Hall–Kier alpha value is -1.07. The highest BCUT2D eigenvalue weighted by Gasteiger charge is 2.17. The van der Waals surface area contributed by atoms with Gasteiger partial charge in [-0.2, -0.15) is 12.6 Å². The topological polar surface area (TPSA) is 47.6 Å². The van der Waals surface area contributed by atoms with E-state index in [-0.39, 0.29) is 12.7 Å². The number of amides is 1. The predicted octanol–water partition coefficient (Wildman–Crippen LogP) is 2.33. The monoisotopic (exact) mass is 259 g/mol. The molecule has 16 heavy (non-hydrogen) atoms. The van der Waals surface area contributed by atoms with Gasteiger partial charge in [-0.25, -0.2) is 0 Å². The first kappa shape index (κ1) is 11.4. The molecule has 4 nitrogen and oxygen atoms in total. The van der Waals surface area contributed by atoms with Crippen LogP contribution in [0.2, 0.25) is 5.02 Å². The molecule has 1 aliphatic heterocycles. The molecular weight excluding hydrogens is 250 g/mol. The van der Waals surface area contributed by atoms with Crippen molar-refractivity contribution in [3.05, 3.63) is 17.2 Å². The van der Waals surface area contributed by atoms with Gasteiger partial charge in [-0.3, -0.25) is 4.79 Å². The predicted molar refractivity (Wildman–Crippen MR) is 64.7 cm³/mol. The standard InChI is InChI=1S/C10H10ClNO3S/c11-6-3-8-9(15-5-14-8)4-7(6)12-10(13)1-2-16/h3-4,16H,1-2,5H2,(H,12,13). The zero-order valence-corrected chi connectivity index (χ0v) is 9.98. The summed E-state index contributed by atoms with van der Waals surface area (Å²) in [5, 5.41) is 3.11. The lowest BCUT2D eigenvalue weighted by Crippen LogP contribution is -2.11. The van der Waals surface area contributed by atoms with Gasteiger partial charge in [0.2, 0.25) is 12.7 Å². The second-order valence-electron chi connectivity index (χ2n) is 3.21. The minimum Gasteiger partial charge on any atom is -0.454 e. The van der Waals surface area contributed by atoms with E-state index in [0.29, 0.717) is 34.4 Å². The highest BCUT2D eigenvalue weighted by molar-refractivity contribution is 7.80. The summed E-state index contributed by atoms with van der Waals surface area (Å²) in [6.07, 6.45) is 0.341. The number of anilines is 1. The van der Waals surface area contributed by atoms with E-state index < -0.39 is 0 Å². The Bertz CT molecular complexity index is 425. The van der Waals surface area contributed by atoms with Gasteiger partial charge >= 0.3 is 0 Å². The maximum absolute atomic E-state index is 11.4. The van der Waals surface area contributed by atoms with Crippen molar-refractivity contribution in [1.29, 1.82) is 0 Å². The van der Waals surface area contributed by atoms with E-state index in [2.05, 4.69) is 17.9 Å². The normalized spacial score (nSPS) is 12.6. The lowest BCUT2D eigenvalue weighted by atomic mass is 10.2. The first-order chi connectivity index (χ1) is 7.70. The van der Waals surface area contributed by atoms with Gasteiger partial charge in [-0.05, 0) is 5.75 Å². The van der Waals surface area contributed by atoms with Crippen molar-refractivity contribution in [3.8, 4) is 11.5 Å². The van der Waals surface area contributed by atoms with E-state index in [9.17, 15) is 4.79 Å². The summed E-state index contributed by atoms with van der Waals surface area (Å²) < 4.78 is 10.3. The van der Waals surface area contributed by atoms with E-state index in [1.165, 1.54) is 0 Å². The summed E-state index contributed by atoms with van der Waals surface area (Å²) in [5.74, 6) is 1.55. The van der Waals surface area contributed by atoms with Gasteiger partial charge in [-0.15, -0.1) is 0 Å². The van der Waals surface area contributed by atoms with Gasteiger partial charge in [0, 0.05) is 18.6 Å². The molecule has 0 unspecified atom stereocenters. The number of hydrogen-bond donors (Lipinski definition) is 2. The number of rotatable bonds is 3. The van der Waals surface area contributed by atoms with Gasteiger partial charge in [0.05, 0.1) is 10.7 Å². The van der Waals surface area contributed by atoms with E-state index in [4.69, 9.17) is 21.1 Å². The second kappa shape index (κ2) is 4.84. The van der Waals surface area contributed by atoms with Crippen LogP contribution in [0.5, 0.6) is 11.5 Å². The zero-order valence-electron chi connectivity index (χ0n) is 8.33. The van der Waals surface area contributed by atoms with Crippen molar-refractivity contribution in [2.45, 2.75) is 6.42 Å². The Morgan fingerprint density at radius 2 is 2.12 bits per heavy atom. The SMILES string of the molecule is O=C(CCS)Nc1cc2c(cc1Cl)OCO2. The maximum Gasteiger partial charge on any atom is 0.231 e. The van der Waals surface area contributed by atoms with Crippen LogP contribution in [0.25, 0.3) is 0 Å². The summed E-state index contributed by atoms with van der Waals surface area (Å²) in [5.41, 5.74) is 0.526. The Morgan fingerprint density at radius 1 is 1.44 bits per heavy atom. The summed E-state index contributed by atoms with van der Waals surface area (Å²) >= 11 is 9.96. The lowest BCUT2D eigenvalue weighted by molar-refractivity contribution is -0.115. The molecule has 1 aliphatic rings. The molecule has 6 heteroatoms. The van der Waals surface area contributed by atoms with Crippen molar-refractivity contribution in [1.82, 2.24) is 0 Å². The molecule has 0 spiro atoms. The minimum atomic E-state index is -0.129. The Balaban J connectivity index is 2.18. The molecular formula is C10H10ClNO3S. The van der Waals surface area contributed by atoms with Gasteiger partial charge in [-0.1, -0.05) is 11.6 Å². The molecule has 0 bridgehead atoms. The molecule has 2 rings (SSSR count). The molecule has 0 fully saturated rings. The average molecular weight is 260 g/mol. The lowest BCUT2D eigenvalue weighted by Gasteiger charge is -2.07. The van der Waals surface area contributed by atoms with Gasteiger partial charge < -0.3 is 14.8 Å². The first-order valence-electron chi connectivity index (χ1n) is 4.70. The largest absolute Gasteiger partial charge is 0.454 e. The number of hydrogen-bond acceptors (Lipinski definition) is 4. The number of halogens is 1. The summed E-state index contributed by atoms with van der Waals surface area (Å²) in [4.78, 5) is 11.4. The van der Waals surface area contributed by atoms with Crippen LogP contribution >= 0.6 is 24.2 Å². The molecule has 86 valence electrons.